The van der Waals surface area contributed by atoms with Gasteiger partial charge in [-0.15, -0.1) is 0 Å². The van der Waals surface area contributed by atoms with E-state index in [2.05, 4.69) is 10.6 Å². The second-order valence-corrected chi connectivity index (χ2v) is 8.22. The van der Waals surface area contributed by atoms with Crippen LogP contribution in [-0.4, -0.2) is 34.8 Å². The minimum absolute atomic E-state index is 0.0829. The fraction of sp³-hybridized carbons (Fsp3) is 0.500. The number of ether oxygens (including phenoxy) is 1. The Kier molecular flexibility index (Phi) is 6.93. The van der Waals surface area contributed by atoms with Crippen molar-refractivity contribution in [1.82, 2.24) is 9.55 Å². The molecule has 2 heterocycles. The van der Waals surface area contributed by atoms with Crippen LogP contribution in [0, 0.1) is 25.2 Å². The lowest BCUT2D eigenvalue weighted by Gasteiger charge is -2.16. The molecule has 0 spiro atoms. The molecule has 0 aliphatic heterocycles. The number of nitriles is 1. The number of ketones is 1. The van der Waals surface area contributed by atoms with Gasteiger partial charge in [0, 0.05) is 42.9 Å². The molecule has 28 heavy (non-hydrogen) atoms. The predicted molar refractivity (Wildman–Crippen MR) is 111 cm³/mol. The van der Waals surface area contributed by atoms with Gasteiger partial charge < -0.3 is 9.30 Å². The van der Waals surface area contributed by atoms with Gasteiger partial charge in [-0.05, 0) is 63.6 Å². The normalized spacial score (nSPS) is 13.2. The summed E-state index contributed by atoms with van der Waals surface area (Å²) >= 11 is 1.38. The van der Waals surface area contributed by atoms with Crippen LogP contribution in [0.5, 0.6) is 0 Å². The molecule has 0 aromatic carbocycles. The molecule has 0 radical (unpaired) electrons. The maximum Gasteiger partial charge on any atom is 0.174 e. The Morgan fingerprint density at radius 1 is 1.32 bits per heavy atom. The number of thioether (sulfide) groups is 1. The Hall–Kier alpha value is -2.10. The number of fused-ring (bicyclic) bond motifs is 1. The molecule has 0 atom stereocenters. The predicted octanol–water partition coefficient (Wildman–Crippen LogP) is 4.26. The van der Waals surface area contributed by atoms with Gasteiger partial charge in [0.1, 0.15) is 11.1 Å². The Labute approximate surface area is 171 Å². The van der Waals surface area contributed by atoms with Crippen molar-refractivity contribution in [2.75, 3.05) is 19.5 Å². The molecule has 6 heteroatoms. The number of rotatable bonds is 8. The molecule has 0 bridgehead atoms. The van der Waals surface area contributed by atoms with E-state index in [-0.39, 0.29) is 5.78 Å². The van der Waals surface area contributed by atoms with Crippen LogP contribution in [0.15, 0.2) is 17.2 Å². The molecule has 0 N–H and O–H groups in total. The lowest BCUT2D eigenvalue weighted by Crippen LogP contribution is -2.10. The Morgan fingerprint density at radius 2 is 2.11 bits per heavy atom. The highest BCUT2D eigenvalue weighted by molar-refractivity contribution is 8.00. The summed E-state index contributed by atoms with van der Waals surface area (Å²) in [4.78, 5) is 17.6. The van der Waals surface area contributed by atoms with Crippen LogP contribution in [0.4, 0.5) is 0 Å². The molecule has 2 aromatic heterocycles. The van der Waals surface area contributed by atoms with Gasteiger partial charge in [0.25, 0.3) is 0 Å². The van der Waals surface area contributed by atoms with E-state index in [9.17, 15) is 10.1 Å². The zero-order valence-electron chi connectivity index (χ0n) is 16.9. The van der Waals surface area contributed by atoms with Gasteiger partial charge in [-0.25, -0.2) is 4.98 Å². The van der Waals surface area contributed by atoms with Crippen molar-refractivity contribution in [2.45, 2.75) is 57.5 Å². The van der Waals surface area contributed by atoms with Gasteiger partial charge >= 0.3 is 0 Å². The Balaban J connectivity index is 1.73. The van der Waals surface area contributed by atoms with E-state index in [0.29, 0.717) is 22.9 Å². The van der Waals surface area contributed by atoms with E-state index in [0.717, 1.165) is 61.3 Å². The van der Waals surface area contributed by atoms with Crippen molar-refractivity contribution >= 4 is 17.5 Å². The number of hydrogen-bond acceptors (Lipinski definition) is 5. The number of nitrogens with zero attached hydrogens (tertiary/aromatic N) is 3. The first kappa shape index (κ1) is 20.6. The monoisotopic (exact) mass is 397 g/mol. The van der Waals surface area contributed by atoms with Gasteiger partial charge in [0.2, 0.25) is 0 Å². The third-order valence-corrected chi connectivity index (χ3v) is 6.32. The van der Waals surface area contributed by atoms with Crippen LogP contribution in [0.1, 0.15) is 57.8 Å². The van der Waals surface area contributed by atoms with Crippen LogP contribution in [-0.2, 0) is 24.1 Å². The van der Waals surface area contributed by atoms with Gasteiger partial charge in [0.15, 0.2) is 5.78 Å². The third kappa shape index (κ3) is 4.48. The molecule has 1 aliphatic rings. The van der Waals surface area contributed by atoms with Crippen molar-refractivity contribution in [2.24, 2.45) is 0 Å². The van der Waals surface area contributed by atoms with Crippen molar-refractivity contribution in [3.63, 3.8) is 0 Å². The maximum atomic E-state index is 12.9. The van der Waals surface area contributed by atoms with Crippen LogP contribution in [0.25, 0.3) is 0 Å². The molecule has 148 valence electrons. The molecule has 0 saturated heterocycles. The number of aryl methyl sites for hydroxylation is 3. The summed E-state index contributed by atoms with van der Waals surface area (Å²) in [7, 11) is 1.70. The van der Waals surface area contributed by atoms with Crippen molar-refractivity contribution < 1.29 is 9.53 Å². The summed E-state index contributed by atoms with van der Waals surface area (Å²) in [5, 5.41) is 10.2. The molecule has 1 aliphatic carbocycles. The smallest absolute Gasteiger partial charge is 0.174 e. The highest BCUT2D eigenvalue weighted by Crippen LogP contribution is 2.28. The van der Waals surface area contributed by atoms with Crippen molar-refractivity contribution in [3.8, 4) is 6.07 Å². The highest BCUT2D eigenvalue weighted by Gasteiger charge is 2.19. The number of carbonyl (C=O) groups is 1. The van der Waals surface area contributed by atoms with Crippen molar-refractivity contribution in [3.05, 3.63) is 45.9 Å². The average molecular weight is 398 g/mol. The van der Waals surface area contributed by atoms with E-state index in [1.807, 2.05) is 26.0 Å². The number of carbonyl (C=O) groups excluding carboxylic acids is 1. The zero-order chi connectivity index (χ0) is 20.1. The van der Waals surface area contributed by atoms with Gasteiger partial charge in [-0.1, -0.05) is 11.8 Å². The SMILES string of the molecule is COCCCn1c(C)cc(C(=O)CSc2nc3c(cc2C#N)CCCC3)c1C. The van der Waals surface area contributed by atoms with Gasteiger partial charge in [-0.2, -0.15) is 5.26 Å². The summed E-state index contributed by atoms with van der Waals surface area (Å²) in [5.41, 5.74) is 5.72. The second kappa shape index (κ2) is 9.40. The van der Waals surface area contributed by atoms with Crippen LogP contribution < -0.4 is 0 Å². The van der Waals surface area contributed by atoms with E-state index < -0.39 is 0 Å². The van der Waals surface area contributed by atoms with Crippen LogP contribution in [0.3, 0.4) is 0 Å². The summed E-state index contributed by atoms with van der Waals surface area (Å²) in [6, 6.07) is 6.19. The molecular formula is C22H27N3O2S. The lowest BCUT2D eigenvalue weighted by atomic mass is 9.95. The zero-order valence-corrected chi connectivity index (χ0v) is 17.7. The molecule has 0 unspecified atom stereocenters. The van der Waals surface area contributed by atoms with E-state index in [4.69, 9.17) is 9.72 Å². The van der Waals surface area contributed by atoms with Gasteiger partial charge in [-0.3, -0.25) is 4.79 Å². The first-order valence-corrected chi connectivity index (χ1v) is 10.8. The molecule has 0 amide bonds. The lowest BCUT2D eigenvalue weighted by molar-refractivity contribution is 0.102. The van der Waals surface area contributed by atoms with Crippen LogP contribution in [0.2, 0.25) is 0 Å². The summed E-state index contributed by atoms with van der Waals surface area (Å²) in [6.45, 7) is 5.58. The Bertz CT molecular complexity index is 911. The number of pyridine rings is 1. The molecule has 3 rings (SSSR count). The number of methoxy groups -OCH3 is 1. The molecular weight excluding hydrogens is 370 g/mol. The topological polar surface area (TPSA) is 67.9 Å². The first-order valence-electron chi connectivity index (χ1n) is 9.79. The fourth-order valence-electron chi connectivity index (χ4n) is 3.81. The highest BCUT2D eigenvalue weighted by atomic mass is 32.2. The Morgan fingerprint density at radius 3 is 2.86 bits per heavy atom. The standard InChI is InChI=1S/C22H27N3O2S/c1-15-11-19(16(2)25(15)9-6-10-27-3)21(26)14-28-22-18(13-23)12-17-7-4-5-8-20(17)24-22/h11-12H,4-10,14H2,1-3H3. The maximum absolute atomic E-state index is 12.9. The molecule has 0 fully saturated rings. The number of Topliss-reactive ketones (excluding diaryl/α,β-unsaturated/α-hetero) is 1. The summed E-state index contributed by atoms with van der Waals surface area (Å²) in [6.07, 6.45) is 5.18. The quantitative estimate of drug-likeness (QED) is 0.378. The largest absolute Gasteiger partial charge is 0.385 e. The summed E-state index contributed by atoms with van der Waals surface area (Å²) < 4.78 is 7.30. The summed E-state index contributed by atoms with van der Waals surface area (Å²) in [5.74, 6) is 0.377. The minimum atomic E-state index is 0.0829. The van der Waals surface area contributed by atoms with E-state index in [1.165, 1.54) is 17.3 Å². The first-order chi connectivity index (χ1) is 13.5. The number of hydrogen-bond donors (Lipinski definition) is 0. The van der Waals surface area contributed by atoms with Crippen LogP contribution >= 0.6 is 11.8 Å². The second-order valence-electron chi connectivity index (χ2n) is 7.26. The average Bonchev–Trinajstić information content (AvgIpc) is 2.99. The third-order valence-electron chi connectivity index (χ3n) is 5.33. The van der Waals surface area contributed by atoms with Crippen molar-refractivity contribution in [1.29, 1.82) is 5.26 Å². The molecule has 0 saturated carbocycles. The molecule has 2 aromatic rings. The van der Waals surface area contributed by atoms with E-state index >= 15 is 0 Å². The number of aromatic nitrogens is 2. The fourth-order valence-corrected chi connectivity index (χ4v) is 4.67. The minimum Gasteiger partial charge on any atom is -0.385 e. The van der Waals surface area contributed by atoms with Gasteiger partial charge in [0.05, 0.1) is 11.3 Å². The van der Waals surface area contributed by atoms with E-state index in [1.54, 1.807) is 7.11 Å². The molecule has 5 nitrogen and oxygen atoms in total.